The van der Waals surface area contributed by atoms with Crippen LogP contribution < -0.4 is 9.80 Å². The third-order valence-electron chi connectivity index (χ3n) is 12.6. The predicted molar refractivity (Wildman–Crippen MR) is 256 cm³/mol. The van der Waals surface area contributed by atoms with Gasteiger partial charge in [-0.15, -0.1) is 0 Å². The molecule has 0 bridgehead atoms. The molecule has 12 rings (SSSR count). The van der Waals surface area contributed by atoms with Crippen molar-refractivity contribution < 1.29 is 0 Å². The molecule has 62 heavy (non-hydrogen) atoms. The molecular formula is C58H40N4. The van der Waals surface area contributed by atoms with E-state index >= 15 is 0 Å². The van der Waals surface area contributed by atoms with Crippen LogP contribution in [0.2, 0.25) is 0 Å². The Hall–Kier alpha value is -8.08. The van der Waals surface area contributed by atoms with Gasteiger partial charge < -0.3 is 4.90 Å². The standard InChI is InChI=1S/C58H40N4/c1-4-18-39(19-5-1)52-38-53(40-20-6-2-7-21-40)60-58(59-52)62-55-31-17-15-29-49(55)45-25-11-13-27-47(45)51-37-42(33-35-57(51)62)41-32-34-56-50(36-41)46-26-12-10-24-44(46)48-28-14-16-30-54(48)61(56)43-22-8-3-9-23-43/h1-38,45,47H. The van der Waals surface area contributed by atoms with Crippen molar-refractivity contribution >= 4 is 34.4 Å². The van der Waals surface area contributed by atoms with Crippen LogP contribution in [-0.4, -0.2) is 9.97 Å². The van der Waals surface area contributed by atoms with Crippen LogP contribution in [0.25, 0.3) is 55.9 Å². The van der Waals surface area contributed by atoms with E-state index in [4.69, 9.17) is 9.97 Å². The number of nitrogens with zero attached hydrogens (tertiary/aromatic N) is 4. The minimum Gasteiger partial charge on any atom is -0.309 e. The molecule has 0 amide bonds. The molecule has 0 radical (unpaired) electrons. The molecule has 4 heteroatoms. The number of rotatable bonds is 5. The van der Waals surface area contributed by atoms with Crippen LogP contribution in [0.5, 0.6) is 0 Å². The Morgan fingerprint density at radius 2 is 0.806 bits per heavy atom. The lowest BCUT2D eigenvalue weighted by Gasteiger charge is -2.28. The molecule has 1 aromatic heterocycles. The minimum atomic E-state index is 0.0941. The van der Waals surface area contributed by atoms with Gasteiger partial charge in [-0.05, 0) is 88.0 Å². The highest BCUT2D eigenvalue weighted by Crippen LogP contribution is 2.54. The van der Waals surface area contributed by atoms with Gasteiger partial charge in [0, 0.05) is 39.8 Å². The number of hydrogen-bond acceptors (Lipinski definition) is 4. The fourth-order valence-electron chi connectivity index (χ4n) is 9.73. The predicted octanol–water partition coefficient (Wildman–Crippen LogP) is 15.4. The van der Waals surface area contributed by atoms with Crippen molar-refractivity contribution in [2.24, 2.45) is 0 Å². The van der Waals surface area contributed by atoms with Crippen molar-refractivity contribution in [1.82, 2.24) is 9.97 Å². The molecule has 2 unspecified atom stereocenters. The molecule has 0 N–H and O–H groups in total. The first-order valence-corrected chi connectivity index (χ1v) is 21.3. The Morgan fingerprint density at radius 3 is 1.48 bits per heavy atom. The van der Waals surface area contributed by atoms with Gasteiger partial charge >= 0.3 is 0 Å². The number of allylic oxidation sites excluding steroid dienone is 4. The van der Waals surface area contributed by atoms with E-state index in [1.54, 1.807) is 0 Å². The van der Waals surface area contributed by atoms with Crippen LogP contribution >= 0.6 is 0 Å². The average Bonchev–Trinajstić information content (AvgIpc) is 3.56. The van der Waals surface area contributed by atoms with E-state index in [1.807, 2.05) is 12.1 Å². The van der Waals surface area contributed by atoms with Crippen molar-refractivity contribution in [3.05, 3.63) is 242 Å². The minimum absolute atomic E-state index is 0.0941. The molecule has 0 spiro atoms. The highest BCUT2D eigenvalue weighted by molar-refractivity contribution is 6.03. The fraction of sp³-hybridized carbons (Fsp3) is 0.0345. The number of para-hydroxylation sites is 3. The Morgan fingerprint density at radius 1 is 0.323 bits per heavy atom. The number of hydrogen-bond donors (Lipinski definition) is 0. The summed E-state index contributed by atoms with van der Waals surface area (Å²) in [4.78, 5) is 15.5. The number of fused-ring (bicyclic) bond motifs is 10. The zero-order chi connectivity index (χ0) is 41.0. The summed E-state index contributed by atoms with van der Waals surface area (Å²) in [6.45, 7) is 0. The second kappa shape index (κ2) is 14.9. The lowest BCUT2D eigenvalue weighted by molar-refractivity contribution is 0.740. The van der Waals surface area contributed by atoms with Crippen LogP contribution in [0.3, 0.4) is 0 Å². The first kappa shape index (κ1) is 35.8. The molecule has 0 saturated heterocycles. The molecule has 3 aliphatic rings. The molecule has 292 valence electrons. The van der Waals surface area contributed by atoms with E-state index in [0.29, 0.717) is 5.95 Å². The van der Waals surface area contributed by atoms with Gasteiger partial charge in [0.25, 0.3) is 0 Å². The summed E-state index contributed by atoms with van der Waals surface area (Å²) in [6.07, 6.45) is 9.12. The van der Waals surface area contributed by atoms with Crippen LogP contribution in [0.15, 0.2) is 231 Å². The van der Waals surface area contributed by atoms with Crippen LogP contribution in [-0.2, 0) is 0 Å². The number of anilines is 6. The Bertz CT molecular complexity index is 3150. The van der Waals surface area contributed by atoms with Crippen molar-refractivity contribution in [2.45, 2.75) is 11.8 Å². The summed E-state index contributed by atoms with van der Waals surface area (Å²) in [5.41, 5.74) is 19.1. The van der Waals surface area contributed by atoms with Gasteiger partial charge in [0.1, 0.15) is 0 Å². The molecule has 9 aromatic rings. The average molecular weight is 793 g/mol. The van der Waals surface area contributed by atoms with Gasteiger partial charge in [0.05, 0.1) is 34.1 Å². The second-order valence-corrected chi connectivity index (χ2v) is 16.1. The van der Waals surface area contributed by atoms with E-state index in [1.165, 1.54) is 39.1 Å². The van der Waals surface area contributed by atoms with E-state index in [9.17, 15) is 0 Å². The van der Waals surface area contributed by atoms with E-state index in [2.05, 4.69) is 228 Å². The van der Waals surface area contributed by atoms with Gasteiger partial charge in [-0.2, -0.15) is 0 Å². The lowest BCUT2D eigenvalue weighted by atomic mass is 9.78. The molecular weight excluding hydrogens is 753 g/mol. The Kier molecular flexibility index (Phi) is 8.60. The van der Waals surface area contributed by atoms with E-state index < -0.39 is 0 Å². The third kappa shape index (κ3) is 5.99. The number of benzene rings is 8. The number of aromatic nitrogens is 2. The maximum Gasteiger partial charge on any atom is 0.235 e. The maximum atomic E-state index is 5.39. The van der Waals surface area contributed by atoms with Crippen LogP contribution in [0, 0.1) is 0 Å². The molecule has 1 aliphatic carbocycles. The quantitative estimate of drug-likeness (QED) is 0.174. The SMILES string of the molecule is C1=CC2c3ccccc3N(c3nc(-c4ccccc4)cc(-c4ccccc4)n3)c3ccc(-c4ccc5c(c4)-c4ccccc4-c4ccccc4N5c4ccccc4)cc3C2C=C1. The van der Waals surface area contributed by atoms with Gasteiger partial charge in [-0.3, -0.25) is 4.90 Å². The molecule has 4 nitrogen and oxygen atoms in total. The normalized spacial score (nSPS) is 15.5. The topological polar surface area (TPSA) is 32.3 Å². The summed E-state index contributed by atoms with van der Waals surface area (Å²) in [5.74, 6) is 0.857. The summed E-state index contributed by atoms with van der Waals surface area (Å²) < 4.78 is 0. The van der Waals surface area contributed by atoms with E-state index in [-0.39, 0.29) is 11.8 Å². The second-order valence-electron chi connectivity index (χ2n) is 16.1. The van der Waals surface area contributed by atoms with Gasteiger partial charge in [0.15, 0.2) is 0 Å². The van der Waals surface area contributed by atoms with Crippen LogP contribution in [0.4, 0.5) is 34.4 Å². The summed E-state index contributed by atoms with van der Waals surface area (Å²) in [5, 5.41) is 0. The lowest BCUT2D eigenvalue weighted by Crippen LogP contribution is -2.16. The first-order valence-electron chi connectivity index (χ1n) is 21.3. The summed E-state index contributed by atoms with van der Waals surface area (Å²) in [7, 11) is 0. The molecule has 0 saturated carbocycles. The monoisotopic (exact) mass is 792 g/mol. The maximum absolute atomic E-state index is 5.39. The highest BCUT2D eigenvalue weighted by Gasteiger charge is 2.35. The van der Waals surface area contributed by atoms with E-state index in [0.717, 1.165) is 56.4 Å². The molecule has 2 atom stereocenters. The van der Waals surface area contributed by atoms with Crippen molar-refractivity contribution in [3.63, 3.8) is 0 Å². The van der Waals surface area contributed by atoms with Gasteiger partial charge in [-0.25, -0.2) is 9.97 Å². The molecule has 8 aromatic carbocycles. The first-order chi connectivity index (χ1) is 30.8. The summed E-state index contributed by atoms with van der Waals surface area (Å²) >= 11 is 0. The zero-order valence-electron chi connectivity index (χ0n) is 33.9. The van der Waals surface area contributed by atoms with Gasteiger partial charge in [-0.1, -0.05) is 176 Å². The molecule has 0 fully saturated rings. The van der Waals surface area contributed by atoms with Crippen molar-refractivity contribution in [1.29, 1.82) is 0 Å². The largest absolute Gasteiger partial charge is 0.309 e. The van der Waals surface area contributed by atoms with Gasteiger partial charge in [0.2, 0.25) is 5.95 Å². The molecule has 2 aliphatic heterocycles. The molecule has 3 heterocycles. The fourth-order valence-corrected chi connectivity index (χ4v) is 9.73. The smallest absolute Gasteiger partial charge is 0.235 e. The Balaban J connectivity index is 1.07. The highest BCUT2D eigenvalue weighted by atomic mass is 15.3. The third-order valence-corrected chi connectivity index (χ3v) is 12.6. The van der Waals surface area contributed by atoms with Crippen LogP contribution in [0.1, 0.15) is 23.0 Å². The zero-order valence-corrected chi connectivity index (χ0v) is 33.9. The van der Waals surface area contributed by atoms with Crippen molar-refractivity contribution in [3.8, 4) is 55.9 Å². The Labute approximate surface area is 362 Å². The van der Waals surface area contributed by atoms with Crippen molar-refractivity contribution in [2.75, 3.05) is 9.80 Å². The summed E-state index contributed by atoms with van der Waals surface area (Å²) in [6, 6.07) is 74.1.